The number of piperidine rings is 1. The van der Waals surface area contributed by atoms with Gasteiger partial charge in [0.1, 0.15) is 17.1 Å². The Morgan fingerprint density at radius 1 is 1.02 bits per heavy atom. The van der Waals surface area contributed by atoms with E-state index in [1.807, 2.05) is 30.3 Å². The van der Waals surface area contributed by atoms with Gasteiger partial charge < -0.3 is 24.4 Å². The highest BCUT2D eigenvalue weighted by Crippen LogP contribution is 2.32. The zero-order valence-electron chi connectivity index (χ0n) is 25.5. The van der Waals surface area contributed by atoms with Crippen LogP contribution in [0, 0.1) is 5.92 Å². The number of methoxy groups -OCH3 is 1. The molecule has 43 heavy (non-hydrogen) atoms. The van der Waals surface area contributed by atoms with Crippen LogP contribution < -0.4 is 9.88 Å². The predicted molar refractivity (Wildman–Crippen MR) is 156 cm³/mol. The zero-order chi connectivity index (χ0) is 31.6. The number of likely N-dealkylation sites (tertiary alicyclic amines) is 1. The molecular weight excluding hydrogens is 554 g/mol. The maximum Gasteiger partial charge on any atom is 0.414 e. The van der Waals surface area contributed by atoms with Crippen molar-refractivity contribution in [1.29, 1.82) is 0 Å². The molecule has 3 unspecified atom stereocenters. The van der Waals surface area contributed by atoms with E-state index in [4.69, 9.17) is 14.2 Å². The summed E-state index contributed by atoms with van der Waals surface area (Å²) < 4.78 is 17.5. The Morgan fingerprint density at radius 3 is 2.42 bits per heavy atom. The van der Waals surface area contributed by atoms with Crippen molar-refractivity contribution in [2.24, 2.45) is 5.92 Å². The molecule has 1 saturated heterocycles. The second-order valence-corrected chi connectivity index (χ2v) is 11.7. The van der Waals surface area contributed by atoms with Crippen molar-refractivity contribution >= 4 is 29.7 Å². The Kier molecular flexibility index (Phi) is 11.8. The summed E-state index contributed by atoms with van der Waals surface area (Å²) >= 11 is 0. The van der Waals surface area contributed by atoms with E-state index in [2.05, 4.69) is 5.32 Å². The van der Waals surface area contributed by atoms with Crippen molar-refractivity contribution in [3.63, 3.8) is 0 Å². The first-order chi connectivity index (χ1) is 20.4. The number of hydrogen-bond acceptors (Lipinski definition) is 8. The van der Waals surface area contributed by atoms with Crippen molar-refractivity contribution in [1.82, 2.24) is 10.2 Å². The fourth-order valence-electron chi connectivity index (χ4n) is 4.96. The predicted octanol–water partition coefficient (Wildman–Crippen LogP) is 3.55. The Bertz CT molecular complexity index is 1290. The molecule has 1 aliphatic heterocycles. The molecule has 0 bridgehead atoms. The first-order valence-electron chi connectivity index (χ1n) is 14.5. The van der Waals surface area contributed by atoms with Crippen LogP contribution in [0.5, 0.6) is 0 Å². The summed E-state index contributed by atoms with van der Waals surface area (Å²) in [6.45, 7) is 6.91. The average Bonchev–Trinajstić information content (AvgIpc) is 2.98. The Labute approximate surface area is 252 Å². The maximum atomic E-state index is 13.2. The number of esters is 2. The van der Waals surface area contributed by atoms with Crippen molar-refractivity contribution in [3.05, 3.63) is 66.0 Å². The van der Waals surface area contributed by atoms with Gasteiger partial charge in [-0.1, -0.05) is 37.3 Å². The SMILES string of the molecule is COC(=O)C(c1ccccc1)C1CCCCN1C(=O)OC[n+]1cccc(C(=O)NCC(=O)CC(C)C(=O)OC(C)(C)C)c1. The average molecular weight is 597 g/mol. The van der Waals surface area contributed by atoms with Gasteiger partial charge in [0.15, 0.2) is 18.2 Å². The smallest absolute Gasteiger partial charge is 0.414 e. The molecule has 11 nitrogen and oxygen atoms in total. The monoisotopic (exact) mass is 596 g/mol. The number of aromatic nitrogens is 1. The molecule has 1 N–H and O–H groups in total. The largest absolute Gasteiger partial charge is 0.468 e. The molecule has 1 aliphatic rings. The lowest BCUT2D eigenvalue weighted by Crippen LogP contribution is -2.50. The van der Waals surface area contributed by atoms with Gasteiger partial charge in [-0.2, -0.15) is 4.57 Å². The van der Waals surface area contributed by atoms with Crippen LogP contribution in [0.4, 0.5) is 4.79 Å². The molecule has 232 valence electrons. The van der Waals surface area contributed by atoms with Crippen LogP contribution >= 0.6 is 0 Å². The van der Waals surface area contributed by atoms with Gasteiger partial charge in [-0.3, -0.25) is 19.2 Å². The van der Waals surface area contributed by atoms with Gasteiger partial charge in [-0.25, -0.2) is 4.79 Å². The van der Waals surface area contributed by atoms with Gasteiger partial charge in [0, 0.05) is 19.0 Å². The number of nitrogens with one attached hydrogen (secondary N) is 1. The van der Waals surface area contributed by atoms with Gasteiger partial charge in [0.25, 0.3) is 12.6 Å². The molecular formula is C32H42N3O8+. The summed E-state index contributed by atoms with van der Waals surface area (Å²) in [7, 11) is 1.34. The Hall–Kier alpha value is -4.28. The summed E-state index contributed by atoms with van der Waals surface area (Å²) in [6.07, 6.45) is 4.80. The molecule has 0 spiro atoms. The third-order valence-corrected chi connectivity index (χ3v) is 7.03. The molecule has 2 aromatic rings. The minimum atomic E-state index is -0.650. The fraction of sp³-hybridized carbons (Fsp3) is 0.500. The van der Waals surface area contributed by atoms with E-state index in [1.165, 1.54) is 17.9 Å². The van der Waals surface area contributed by atoms with Gasteiger partial charge in [0.2, 0.25) is 0 Å². The zero-order valence-corrected chi connectivity index (χ0v) is 25.5. The minimum Gasteiger partial charge on any atom is -0.468 e. The third kappa shape index (κ3) is 9.90. The lowest BCUT2D eigenvalue weighted by molar-refractivity contribution is -0.727. The highest BCUT2D eigenvalue weighted by atomic mass is 16.6. The van der Waals surface area contributed by atoms with Crippen LogP contribution in [-0.2, 0) is 35.3 Å². The standard InChI is InChI=1S/C32H41N3O8/c1-22(29(38)43-32(2,3)4)18-25(36)19-33-28(37)24-14-11-16-34(20-24)21-42-31(40)35-17-10-9-15-26(35)27(30(39)41-5)23-12-7-6-8-13-23/h6-8,11-14,16,20,22,26-27H,9-10,15,17-19,21H2,1-5H3/p+1. The number of hydrogen-bond donors (Lipinski definition) is 1. The molecule has 0 aliphatic carbocycles. The molecule has 1 aromatic carbocycles. The van der Waals surface area contributed by atoms with Crippen molar-refractivity contribution in [2.75, 3.05) is 20.2 Å². The number of carbonyl (C=O) groups excluding carboxylic acids is 5. The van der Waals surface area contributed by atoms with Crippen LogP contribution in [0.25, 0.3) is 0 Å². The molecule has 0 saturated carbocycles. The first kappa shape index (κ1) is 33.2. The lowest BCUT2D eigenvalue weighted by Gasteiger charge is -2.38. The van der Waals surface area contributed by atoms with Gasteiger partial charge in [-0.05, 0) is 51.7 Å². The van der Waals surface area contributed by atoms with Crippen LogP contribution in [0.2, 0.25) is 0 Å². The van der Waals surface area contributed by atoms with E-state index in [0.717, 1.165) is 18.4 Å². The first-order valence-corrected chi connectivity index (χ1v) is 14.5. The van der Waals surface area contributed by atoms with Crippen LogP contribution in [0.3, 0.4) is 0 Å². The van der Waals surface area contributed by atoms with E-state index >= 15 is 0 Å². The maximum absolute atomic E-state index is 13.2. The van der Waals surface area contributed by atoms with Crippen molar-refractivity contribution in [3.8, 4) is 0 Å². The van der Waals surface area contributed by atoms with Gasteiger partial charge in [-0.15, -0.1) is 0 Å². The second kappa shape index (κ2) is 15.3. The normalized spacial score (nSPS) is 16.4. The van der Waals surface area contributed by atoms with E-state index in [1.54, 1.807) is 50.9 Å². The molecule has 1 fully saturated rings. The summed E-state index contributed by atoms with van der Waals surface area (Å²) in [5, 5.41) is 2.57. The highest BCUT2D eigenvalue weighted by Gasteiger charge is 2.39. The van der Waals surface area contributed by atoms with Crippen molar-refractivity contribution in [2.45, 2.75) is 77.7 Å². The van der Waals surface area contributed by atoms with E-state index in [-0.39, 0.29) is 31.0 Å². The quantitative estimate of drug-likeness (QED) is 0.237. The number of rotatable bonds is 11. The molecule has 11 heteroatoms. The number of benzene rings is 1. The van der Waals surface area contributed by atoms with E-state index in [9.17, 15) is 24.0 Å². The summed E-state index contributed by atoms with van der Waals surface area (Å²) in [5.41, 5.74) is 0.380. The number of amides is 2. The van der Waals surface area contributed by atoms with Crippen molar-refractivity contribution < 1.29 is 42.8 Å². The number of ether oxygens (including phenoxy) is 3. The molecule has 2 amide bonds. The van der Waals surface area contributed by atoms with Crippen LogP contribution in [0.15, 0.2) is 54.9 Å². The number of pyridine rings is 1. The molecule has 1 aromatic heterocycles. The highest BCUT2D eigenvalue weighted by molar-refractivity contribution is 5.96. The summed E-state index contributed by atoms with van der Waals surface area (Å²) in [4.78, 5) is 64.8. The third-order valence-electron chi connectivity index (χ3n) is 7.03. The molecule has 3 rings (SSSR count). The molecule has 0 radical (unpaired) electrons. The Morgan fingerprint density at radius 2 is 1.74 bits per heavy atom. The van der Waals surface area contributed by atoms with Gasteiger partial charge in [0.05, 0.1) is 25.6 Å². The topological polar surface area (TPSA) is 132 Å². The van der Waals surface area contributed by atoms with Crippen LogP contribution in [0.1, 0.15) is 75.2 Å². The number of nitrogens with zero attached hydrogens (tertiary/aromatic N) is 2. The van der Waals surface area contributed by atoms with Gasteiger partial charge >= 0.3 is 18.0 Å². The number of ketones is 1. The Balaban J connectivity index is 1.58. The lowest BCUT2D eigenvalue weighted by atomic mass is 9.85. The summed E-state index contributed by atoms with van der Waals surface area (Å²) in [5.74, 6) is -2.95. The molecule has 3 atom stereocenters. The summed E-state index contributed by atoms with van der Waals surface area (Å²) in [6, 6.07) is 12.0. The second-order valence-electron chi connectivity index (χ2n) is 11.7. The fourth-order valence-corrected chi connectivity index (χ4v) is 4.96. The van der Waals surface area contributed by atoms with E-state index in [0.29, 0.717) is 13.0 Å². The molecule has 2 heterocycles. The van der Waals surface area contributed by atoms with E-state index < -0.39 is 47.4 Å². The number of carbonyl (C=O) groups is 5. The minimum absolute atomic E-state index is 0.0570. The van der Waals surface area contributed by atoms with Crippen LogP contribution in [-0.4, -0.2) is 66.5 Å². The number of Topliss-reactive ketones (excluding diaryl/α,β-unsaturated/α-hetero) is 1.